The maximum Gasteiger partial charge on any atom is 0.407 e. The van der Waals surface area contributed by atoms with Crippen LogP contribution >= 0.6 is 0 Å². The van der Waals surface area contributed by atoms with Gasteiger partial charge in [-0.1, -0.05) is 67.1 Å². The molecule has 0 spiro atoms. The first-order chi connectivity index (χ1) is 20.3. The number of ether oxygens (including phenoxy) is 2. The summed E-state index contributed by atoms with van der Waals surface area (Å²) in [6, 6.07) is 14.8. The van der Waals surface area contributed by atoms with Gasteiger partial charge in [0.15, 0.2) is 0 Å². The highest BCUT2D eigenvalue weighted by molar-refractivity contribution is 5.81. The third-order valence-electron chi connectivity index (χ3n) is 7.99. The Kier molecular flexibility index (Phi) is 11.0. The normalized spacial score (nSPS) is 21.1. The van der Waals surface area contributed by atoms with Gasteiger partial charge < -0.3 is 35.4 Å². The van der Waals surface area contributed by atoms with Gasteiger partial charge in [0.1, 0.15) is 18.8 Å². The molecule has 2 aliphatic carbocycles. The minimum Gasteiger partial charge on any atom is -0.480 e. The predicted octanol–water partition coefficient (Wildman–Crippen LogP) is 4.49. The molecular weight excluding hydrogens is 540 g/mol. The molecule has 3 atom stereocenters. The lowest BCUT2D eigenvalue weighted by Gasteiger charge is -2.32. The van der Waals surface area contributed by atoms with Crippen LogP contribution < -0.4 is 10.6 Å². The highest BCUT2D eigenvalue weighted by atomic mass is 16.6. The third-order valence-corrected chi connectivity index (χ3v) is 7.99. The summed E-state index contributed by atoms with van der Waals surface area (Å²) in [5.41, 5.74) is 3.01. The minimum atomic E-state index is -1.33. The molecule has 0 heterocycles. The Hall–Kier alpha value is -3.89. The topological polar surface area (TPSA) is 154 Å². The molecule has 0 bridgehead atoms. The van der Waals surface area contributed by atoms with E-state index in [-0.39, 0.29) is 38.5 Å². The van der Waals surface area contributed by atoms with E-state index in [2.05, 4.69) is 10.6 Å². The number of nitrogens with one attached hydrogen (secondary N) is 2. The lowest BCUT2D eigenvalue weighted by atomic mass is 9.85. The molecule has 5 N–H and O–H groups in total. The first-order valence-electron chi connectivity index (χ1n) is 14.6. The number of rotatable bonds is 12. The van der Waals surface area contributed by atoms with Crippen LogP contribution in [0.25, 0.3) is 11.1 Å². The van der Waals surface area contributed by atoms with Crippen molar-refractivity contribution >= 4 is 18.2 Å². The Labute approximate surface area is 245 Å². The number of hydrogen-bond donors (Lipinski definition) is 5. The molecule has 0 saturated heterocycles. The van der Waals surface area contributed by atoms with Crippen molar-refractivity contribution in [2.45, 2.75) is 75.0 Å². The van der Waals surface area contributed by atoms with Gasteiger partial charge in [0.25, 0.3) is 0 Å². The number of benzene rings is 2. The number of amides is 2. The van der Waals surface area contributed by atoms with Crippen molar-refractivity contribution in [3.8, 4) is 11.1 Å². The molecule has 42 heavy (non-hydrogen) atoms. The zero-order valence-corrected chi connectivity index (χ0v) is 23.7. The van der Waals surface area contributed by atoms with E-state index in [1.807, 2.05) is 54.6 Å². The summed E-state index contributed by atoms with van der Waals surface area (Å²) in [6.45, 7) is 0.301. The summed E-state index contributed by atoms with van der Waals surface area (Å²) in [4.78, 5) is 36.3. The smallest absolute Gasteiger partial charge is 0.407 e. The van der Waals surface area contributed by atoms with Crippen molar-refractivity contribution in [1.29, 1.82) is 0 Å². The minimum absolute atomic E-state index is 0.0433. The predicted molar refractivity (Wildman–Crippen MR) is 156 cm³/mol. The van der Waals surface area contributed by atoms with Gasteiger partial charge in [-0.15, -0.1) is 0 Å². The van der Waals surface area contributed by atoms with E-state index in [4.69, 9.17) is 9.47 Å². The van der Waals surface area contributed by atoms with Crippen LogP contribution in [0.2, 0.25) is 0 Å². The maximum absolute atomic E-state index is 12.5. The summed E-state index contributed by atoms with van der Waals surface area (Å²) in [5, 5.41) is 35.6. The van der Waals surface area contributed by atoms with E-state index in [1.165, 1.54) is 0 Å². The standard InChI is InChI=1S/C32H40N2O8/c35-28-16-3-1-2-9-17-32(28,40)18-20-41-30(38)33-19-10-8-15-27(29(36)37)34-31(39)42-21-26-24-13-6-4-11-22(24)23-12-5-7-14-25(23)26/h3-7,11-14,16,26-28,35,40H,1-2,8-10,15,17-21H2,(H,33,38)(H,34,39)(H,36,37)/b16-3-/t27-,28?,32?/m0/s1. The van der Waals surface area contributed by atoms with Crippen molar-refractivity contribution in [3.63, 3.8) is 0 Å². The maximum atomic E-state index is 12.5. The fourth-order valence-electron chi connectivity index (χ4n) is 5.59. The van der Waals surface area contributed by atoms with Crippen LogP contribution in [-0.4, -0.2) is 71.0 Å². The van der Waals surface area contributed by atoms with Crippen molar-refractivity contribution in [1.82, 2.24) is 10.6 Å². The number of hydrogen-bond acceptors (Lipinski definition) is 7. The lowest BCUT2D eigenvalue weighted by Crippen LogP contribution is -2.43. The molecule has 0 aromatic heterocycles. The molecule has 10 heteroatoms. The monoisotopic (exact) mass is 580 g/mol. The number of carboxylic acids is 1. The number of alkyl carbamates (subject to hydrolysis) is 2. The van der Waals surface area contributed by atoms with Crippen LogP contribution in [0.15, 0.2) is 60.7 Å². The average Bonchev–Trinajstić information content (AvgIpc) is 3.29. The van der Waals surface area contributed by atoms with E-state index in [0.29, 0.717) is 19.3 Å². The van der Waals surface area contributed by atoms with Crippen molar-refractivity contribution in [3.05, 3.63) is 71.8 Å². The SMILES string of the molecule is O=C(NCCCC[C@H](NC(=O)OCC1c2ccccc2-c2ccccc21)C(=O)O)OCCC1(O)CCCC/C=C\C1O. The summed E-state index contributed by atoms with van der Waals surface area (Å²) in [7, 11) is 0. The van der Waals surface area contributed by atoms with Gasteiger partial charge in [-0.05, 0) is 60.8 Å². The van der Waals surface area contributed by atoms with Gasteiger partial charge >= 0.3 is 18.2 Å². The molecule has 4 rings (SSSR count). The van der Waals surface area contributed by atoms with Crippen LogP contribution in [0.3, 0.4) is 0 Å². The van der Waals surface area contributed by atoms with Crippen LogP contribution in [0.5, 0.6) is 0 Å². The molecular formula is C32H40N2O8. The summed E-state index contributed by atoms with van der Waals surface area (Å²) < 4.78 is 10.6. The Morgan fingerprint density at radius 1 is 0.952 bits per heavy atom. The first-order valence-corrected chi connectivity index (χ1v) is 14.6. The van der Waals surface area contributed by atoms with E-state index in [0.717, 1.165) is 41.5 Å². The van der Waals surface area contributed by atoms with Crippen LogP contribution in [0.1, 0.15) is 68.4 Å². The van der Waals surface area contributed by atoms with Crippen molar-refractivity contribution in [2.24, 2.45) is 0 Å². The van der Waals surface area contributed by atoms with Crippen molar-refractivity contribution in [2.75, 3.05) is 19.8 Å². The number of unbranched alkanes of at least 4 members (excludes halogenated alkanes) is 1. The molecule has 0 aliphatic heterocycles. The third kappa shape index (κ3) is 8.10. The summed E-state index contributed by atoms with van der Waals surface area (Å²) in [5.74, 6) is -1.29. The molecule has 2 aromatic carbocycles. The molecule has 2 aromatic rings. The van der Waals surface area contributed by atoms with Crippen LogP contribution in [0, 0.1) is 0 Å². The molecule has 2 aliphatic rings. The number of carbonyl (C=O) groups is 3. The van der Waals surface area contributed by atoms with Gasteiger partial charge in [0.2, 0.25) is 0 Å². The molecule has 10 nitrogen and oxygen atoms in total. The first kappa shape index (κ1) is 31.1. The molecule has 0 radical (unpaired) electrons. The zero-order valence-electron chi connectivity index (χ0n) is 23.7. The van der Waals surface area contributed by atoms with E-state index in [1.54, 1.807) is 6.08 Å². The van der Waals surface area contributed by atoms with Crippen LogP contribution in [-0.2, 0) is 14.3 Å². The molecule has 226 valence electrons. The quantitative estimate of drug-likeness (QED) is 0.182. The zero-order chi connectivity index (χ0) is 30.0. The van der Waals surface area contributed by atoms with E-state index >= 15 is 0 Å². The summed E-state index contributed by atoms with van der Waals surface area (Å²) >= 11 is 0. The largest absolute Gasteiger partial charge is 0.480 e. The number of aliphatic hydroxyl groups is 2. The number of carboxylic acid groups (broad SMARTS) is 1. The molecule has 0 saturated carbocycles. The average molecular weight is 581 g/mol. The van der Waals surface area contributed by atoms with Gasteiger partial charge in [-0.2, -0.15) is 0 Å². The lowest BCUT2D eigenvalue weighted by molar-refractivity contribution is -0.139. The van der Waals surface area contributed by atoms with Gasteiger partial charge in [0, 0.05) is 18.9 Å². The molecule has 2 amide bonds. The van der Waals surface area contributed by atoms with Crippen molar-refractivity contribution < 1.29 is 39.2 Å². The fraction of sp³-hybridized carbons (Fsp3) is 0.469. The second-order valence-electron chi connectivity index (χ2n) is 10.9. The fourth-order valence-corrected chi connectivity index (χ4v) is 5.59. The second kappa shape index (κ2) is 14.8. The molecule has 0 fully saturated rings. The number of carbonyl (C=O) groups excluding carboxylic acids is 2. The van der Waals surface area contributed by atoms with Crippen LogP contribution in [0.4, 0.5) is 9.59 Å². The highest BCUT2D eigenvalue weighted by Crippen LogP contribution is 2.44. The number of aliphatic hydroxyl groups excluding tert-OH is 1. The number of aliphatic carboxylic acids is 1. The highest BCUT2D eigenvalue weighted by Gasteiger charge is 2.34. The van der Waals surface area contributed by atoms with Gasteiger partial charge in [0.05, 0.1) is 12.2 Å². The van der Waals surface area contributed by atoms with E-state index < -0.39 is 35.9 Å². The Balaban J connectivity index is 1.14. The Morgan fingerprint density at radius 2 is 1.64 bits per heavy atom. The molecule has 2 unspecified atom stereocenters. The van der Waals surface area contributed by atoms with Gasteiger partial charge in [-0.3, -0.25) is 0 Å². The van der Waals surface area contributed by atoms with Gasteiger partial charge in [-0.25, -0.2) is 14.4 Å². The number of fused-ring (bicyclic) bond motifs is 3. The second-order valence-corrected chi connectivity index (χ2v) is 10.9. The number of allylic oxidation sites excluding steroid dienone is 1. The Morgan fingerprint density at radius 3 is 2.33 bits per heavy atom. The summed E-state index contributed by atoms with van der Waals surface area (Å²) in [6.07, 6.45) is 5.17. The Bertz CT molecular complexity index is 1220. The van der Waals surface area contributed by atoms with E-state index in [9.17, 15) is 29.7 Å².